The van der Waals surface area contributed by atoms with Gasteiger partial charge in [-0.1, -0.05) is 30.3 Å². The van der Waals surface area contributed by atoms with Crippen molar-refractivity contribution in [2.75, 3.05) is 26.9 Å². The third-order valence-corrected chi connectivity index (χ3v) is 2.59. The van der Waals surface area contributed by atoms with Gasteiger partial charge in [0.1, 0.15) is 0 Å². The number of benzene rings is 1. The molecule has 17 heavy (non-hydrogen) atoms. The molecule has 0 bridgehead atoms. The van der Waals surface area contributed by atoms with E-state index >= 15 is 0 Å². The van der Waals surface area contributed by atoms with Gasteiger partial charge < -0.3 is 14.6 Å². The fourth-order valence-corrected chi connectivity index (χ4v) is 1.63. The van der Waals surface area contributed by atoms with Gasteiger partial charge >= 0.3 is 0 Å². The average Bonchev–Trinajstić information content (AvgIpc) is 2.38. The van der Waals surface area contributed by atoms with Crippen molar-refractivity contribution in [1.82, 2.24) is 0 Å². The van der Waals surface area contributed by atoms with Crippen LogP contribution in [0.25, 0.3) is 0 Å². The molecule has 1 aromatic carbocycles. The highest BCUT2D eigenvalue weighted by Gasteiger charge is 2.05. The minimum Gasteiger partial charge on any atom is -0.388 e. The van der Waals surface area contributed by atoms with Gasteiger partial charge in [0.2, 0.25) is 0 Å². The molecule has 0 aliphatic carbocycles. The Kier molecular flexibility index (Phi) is 7.63. The monoisotopic (exact) mass is 238 g/mol. The minimum absolute atomic E-state index is 0.376. The van der Waals surface area contributed by atoms with Gasteiger partial charge in [-0.2, -0.15) is 0 Å². The van der Waals surface area contributed by atoms with Crippen molar-refractivity contribution in [2.45, 2.75) is 25.4 Å². The van der Waals surface area contributed by atoms with Gasteiger partial charge in [-0.3, -0.25) is 0 Å². The predicted molar refractivity (Wildman–Crippen MR) is 67.9 cm³/mol. The molecular formula is C14H22O3. The smallest absolute Gasteiger partial charge is 0.0790 e. The van der Waals surface area contributed by atoms with E-state index in [1.807, 2.05) is 30.3 Å². The van der Waals surface area contributed by atoms with Crippen LogP contribution < -0.4 is 0 Å². The van der Waals surface area contributed by atoms with Crippen molar-refractivity contribution in [2.24, 2.45) is 0 Å². The highest BCUT2D eigenvalue weighted by Crippen LogP contribution is 2.17. The van der Waals surface area contributed by atoms with Crippen LogP contribution in [0.4, 0.5) is 0 Å². The molecule has 0 aromatic heterocycles. The fraction of sp³-hybridized carbons (Fsp3) is 0.571. The molecule has 3 heteroatoms. The summed E-state index contributed by atoms with van der Waals surface area (Å²) in [5, 5.41) is 9.89. The summed E-state index contributed by atoms with van der Waals surface area (Å²) in [6.45, 7) is 2.18. The van der Waals surface area contributed by atoms with Crippen molar-refractivity contribution in [3.05, 3.63) is 35.9 Å². The first-order valence-corrected chi connectivity index (χ1v) is 6.14. The van der Waals surface area contributed by atoms with E-state index in [1.54, 1.807) is 7.11 Å². The molecule has 0 amide bonds. The molecule has 1 unspecified atom stereocenters. The molecule has 0 saturated carbocycles. The maximum atomic E-state index is 9.89. The molecule has 3 nitrogen and oxygen atoms in total. The Morgan fingerprint density at radius 2 is 1.76 bits per heavy atom. The topological polar surface area (TPSA) is 38.7 Å². The van der Waals surface area contributed by atoms with Crippen LogP contribution in [0.5, 0.6) is 0 Å². The van der Waals surface area contributed by atoms with Gasteiger partial charge in [0.15, 0.2) is 0 Å². The second kappa shape index (κ2) is 9.16. The number of hydrogen-bond acceptors (Lipinski definition) is 3. The third-order valence-electron chi connectivity index (χ3n) is 2.59. The zero-order chi connectivity index (χ0) is 12.3. The van der Waals surface area contributed by atoms with Crippen LogP contribution in [-0.2, 0) is 9.47 Å². The van der Waals surface area contributed by atoms with Gasteiger partial charge in [0.05, 0.1) is 6.10 Å². The second-order valence-corrected chi connectivity index (χ2v) is 4.03. The summed E-state index contributed by atoms with van der Waals surface area (Å²) < 4.78 is 10.4. The number of ether oxygens (including phenoxy) is 2. The van der Waals surface area contributed by atoms with E-state index in [9.17, 15) is 5.11 Å². The van der Waals surface area contributed by atoms with Gasteiger partial charge in [-0.15, -0.1) is 0 Å². The lowest BCUT2D eigenvalue weighted by Gasteiger charge is -2.10. The van der Waals surface area contributed by atoms with Crippen molar-refractivity contribution in [3.63, 3.8) is 0 Å². The summed E-state index contributed by atoms with van der Waals surface area (Å²) in [4.78, 5) is 0. The van der Waals surface area contributed by atoms with E-state index in [-0.39, 0.29) is 6.10 Å². The Labute approximate surface area is 103 Å². The SMILES string of the molecule is COCCCOCCCC(O)c1ccccc1. The molecule has 0 aliphatic rings. The molecule has 0 aliphatic heterocycles. The number of methoxy groups -OCH3 is 1. The molecule has 0 saturated heterocycles. The van der Waals surface area contributed by atoms with E-state index in [0.29, 0.717) is 6.61 Å². The molecule has 1 N–H and O–H groups in total. The van der Waals surface area contributed by atoms with Gasteiger partial charge in [-0.05, 0) is 24.8 Å². The number of rotatable bonds is 9. The van der Waals surface area contributed by atoms with Crippen molar-refractivity contribution < 1.29 is 14.6 Å². The molecule has 1 aromatic rings. The molecule has 1 atom stereocenters. The second-order valence-electron chi connectivity index (χ2n) is 4.03. The quantitative estimate of drug-likeness (QED) is 0.672. The molecule has 0 radical (unpaired) electrons. The summed E-state index contributed by atoms with van der Waals surface area (Å²) >= 11 is 0. The molecule has 96 valence electrons. The first-order valence-electron chi connectivity index (χ1n) is 6.14. The van der Waals surface area contributed by atoms with Gasteiger partial charge in [0, 0.05) is 26.9 Å². The zero-order valence-corrected chi connectivity index (χ0v) is 10.5. The fourth-order valence-electron chi connectivity index (χ4n) is 1.63. The van der Waals surface area contributed by atoms with Crippen LogP contribution in [0.2, 0.25) is 0 Å². The predicted octanol–water partition coefficient (Wildman–Crippen LogP) is 2.55. The third kappa shape index (κ3) is 6.41. The Morgan fingerprint density at radius 3 is 2.47 bits per heavy atom. The maximum Gasteiger partial charge on any atom is 0.0790 e. The lowest BCUT2D eigenvalue weighted by Crippen LogP contribution is -2.03. The first kappa shape index (κ1) is 14.2. The molecule has 0 fully saturated rings. The normalized spacial score (nSPS) is 12.6. The van der Waals surface area contributed by atoms with Gasteiger partial charge in [-0.25, -0.2) is 0 Å². The molecular weight excluding hydrogens is 216 g/mol. The summed E-state index contributed by atoms with van der Waals surface area (Å²) in [5.41, 5.74) is 0.979. The summed E-state index contributed by atoms with van der Waals surface area (Å²) in [5.74, 6) is 0. The van der Waals surface area contributed by atoms with Crippen molar-refractivity contribution in [3.8, 4) is 0 Å². The van der Waals surface area contributed by atoms with Gasteiger partial charge in [0.25, 0.3) is 0 Å². The molecule has 0 spiro atoms. The van der Waals surface area contributed by atoms with E-state index in [2.05, 4.69) is 0 Å². The average molecular weight is 238 g/mol. The summed E-state index contributed by atoms with van der Waals surface area (Å²) in [6.07, 6.45) is 2.17. The Bertz CT molecular complexity index is 274. The van der Waals surface area contributed by atoms with E-state index in [4.69, 9.17) is 9.47 Å². The van der Waals surface area contributed by atoms with Crippen LogP contribution in [0.15, 0.2) is 30.3 Å². The highest BCUT2D eigenvalue weighted by molar-refractivity contribution is 5.16. The zero-order valence-electron chi connectivity index (χ0n) is 10.5. The Hall–Kier alpha value is -0.900. The number of hydrogen-bond donors (Lipinski definition) is 1. The van der Waals surface area contributed by atoms with E-state index in [1.165, 1.54) is 0 Å². The first-order chi connectivity index (χ1) is 8.34. The van der Waals surface area contributed by atoms with Crippen molar-refractivity contribution in [1.29, 1.82) is 0 Å². The number of aliphatic hydroxyl groups excluding tert-OH is 1. The highest BCUT2D eigenvalue weighted by atomic mass is 16.5. The van der Waals surface area contributed by atoms with Crippen LogP contribution >= 0.6 is 0 Å². The largest absolute Gasteiger partial charge is 0.388 e. The van der Waals surface area contributed by atoms with Crippen molar-refractivity contribution >= 4 is 0 Å². The number of aliphatic hydroxyl groups is 1. The van der Waals surface area contributed by atoms with Crippen LogP contribution in [0, 0.1) is 0 Å². The van der Waals surface area contributed by atoms with Crippen LogP contribution in [-0.4, -0.2) is 32.0 Å². The summed E-state index contributed by atoms with van der Waals surface area (Å²) in [6, 6.07) is 9.74. The Balaban J connectivity index is 2.03. The maximum absolute atomic E-state index is 9.89. The summed E-state index contributed by atoms with van der Waals surface area (Å²) in [7, 11) is 1.69. The Morgan fingerprint density at radius 1 is 1.06 bits per heavy atom. The molecule has 1 rings (SSSR count). The van der Waals surface area contributed by atoms with Crippen LogP contribution in [0.1, 0.15) is 30.9 Å². The lowest BCUT2D eigenvalue weighted by molar-refractivity contribution is 0.0881. The lowest BCUT2D eigenvalue weighted by atomic mass is 10.1. The van der Waals surface area contributed by atoms with Crippen LogP contribution in [0.3, 0.4) is 0 Å². The van der Waals surface area contributed by atoms with E-state index < -0.39 is 0 Å². The molecule has 0 heterocycles. The minimum atomic E-state index is -0.376. The standard InChI is InChI=1S/C14H22O3/c1-16-10-6-12-17-11-5-9-14(15)13-7-3-2-4-8-13/h2-4,7-8,14-15H,5-6,9-12H2,1H3. The van der Waals surface area contributed by atoms with E-state index in [0.717, 1.165) is 38.0 Å².